The van der Waals surface area contributed by atoms with Gasteiger partial charge in [0.1, 0.15) is 11.5 Å². The Kier molecular flexibility index (Phi) is 5.20. The van der Waals surface area contributed by atoms with Gasteiger partial charge in [-0.25, -0.2) is 4.79 Å². The van der Waals surface area contributed by atoms with Gasteiger partial charge in [-0.3, -0.25) is 5.32 Å². The molecule has 6 nitrogen and oxygen atoms in total. The van der Waals surface area contributed by atoms with Crippen molar-refractivity contribution in [2.24, 2.45) is 0 Å². The third kappa shape index (κ3) is 5.18. The van der Waals surface area contributed by atoms with Crippen molar-refractivity contribution in [2.75, 3.05) is 18.5 Å². The first-order chi connectivity index (χ1) is 10.1. The third-order valence-corrected chi connectivity index (χ3v) is 2.73. The number of amides is 2. The van der Waals surface area contributed by atoms with E-state index in [1.165, 1.54) is 0 Å². The van der Waals surface area contributed by atoms with Crippen molar-refractivity contribution in [2.45, 2.75) is 20.3 Å². The number of rotatable bonds is 6. The van der Waals surface area contributed by atoms with Crippen molar-refractivity contribution in [1.82, 2.24) is 10.5 Å². The Hall–Kier alpha value is -2.50. The largest absolute Gasteiger partial charge is 0.494 e. The van der Waals surface area contributed by atoms with Gasteiger partial charge in [-0.2, -0.15) is 0 Å². The van der Waals surface area contributed by atoms with Gasteiger partial charge in [0.05, 0.1) is 6.61 Å². The minimum atomic E-state index is -0.307. The summed E-state index contributed by atoms with van der Waals surface area (Å²) in [5.74, 6) is 1.90. The molecule has 21 heavy (non-hydrogen) atoms. The number of hydrogen-bond donors (Lipinski definition) is 2. The number of carbonyl (C=O) groups excluding carboxylic acids is 1. The molecule has 1 heterocycles. The van der Waals surface area contributed by atoms with E-state index < -0.39 is 0 Å². The number of aryl methyl sites for hydroxylation is 2. The summed E-state index contributed by atoms with van der Waals surface area (Å²) in [5, 5.41) is 8.99. The third-order valence-electron chi connectivity index (χ3n) is 2.73. The van der Waals surface area contributed by atoms with Crippen molar-refractivity contribution in [1.29, 1.82) is 0 Å². The van der Waals surface area contributed by atoms with Crippen molar-refractivity contribution in [3.05, 3.63) is 41.7 Å². The first-order valence-corrected chi connectivity index (χ1v) is 6.81. The van der Waals surface area contributed by atoms with Crippen molar-refractivity contribution < 1.29 is 14.1 Å². The smallest absolute Gasteiger partial charge is 0.320 e. The SMILES string of the molecule is Cc1cccc(OCCCNC(=O)Nc2cc(C)on2)c1. The van der Waals surface area contributed by atoms with Gasteiger partial charge in [0.15, 0.2) is 5.82 Å². The van der Waals surface area contributed by atoms with E-state index in [1.807, 2.05) is 31.2 Å². The van der Waals surface area contributed by atoms with Crippen LogP contribution in [0.3, 0.4) is 0 Å². The molecule has 0 saturated heterocycles. The topological polar surface area (TPSA) is 76.4 Å². The Balaban J connectivity index is 1.60. The average Bonchev–Trinajstić information content (AvgIpc) is 2.84. The molecular formula is C15H19N3O3. The van der Waals surface area contributed by atoms with Crippen LogP contribution in [0.4, 0.5) is 10.6 Å². The van der Waals surface area contributed by atoms with Gasteiger partial charge in [0.2, 0.25) is 0 Å². The van der Waals surface area contributed by atoms with Crippen LogP contribution in [-0.2, 0) is 0 Å². The Morgan fingerprint density at radius 2 is 2.19 bits per heavy atom. The summed E-state index contributed by atoms with van der Waals surface area (Å²) in [4.78, 5) is 11.6. The minimum absolute atomic E-state index is 0.307. The lowest BCUT2D eigenvalue weighted by molar-refractivity contribution is 0.250. The molecule has 1 aromatic heterocycles. The van der Waals surface area contributed by atoms with Crippen LogP contribution >= 0.6 is 0 Å². The maximum Gasteiger partial charge on any atom is 0.320 e. The molecule has 0 spiro atoms. The lowest BCUT2D eigenvalue weighted by atomic mass is 10.2. The summed E-state index contributed by atoms with van der Waals surface area (Å²) in [6, 6.07) is 9.22. The number of ether oxygens (including phenoxy) is 1. The van der Waals surface area contributed by atoms with Crippen LogP contribution in [0.1, 0.15) is 17.7 Å². The number of benzene rings is 1. The van der Waals surface area contributed by atoms with E-state index in [0.29, 0.717) is 24.7 Å². The molecule has 2 amide bonds. The molecule has 2 rings (SSSR count). The molecule has 2 N–H and O–H groups in total. The Bertz CT molecular complexity index is 595. The van der Waals surface area contributed by atoms with Gasteiger partial charge in [0, 0.05) is 12.6 Å². The van der Waals surface area contributed by atoms with Gasteiger partial charge in [-0.15, -0.1) is 0 Å². The van der Waals surface area contributed by atoms with Gasteiger partial charge in [-0.05, 0) is 38.0 Å². The van der Waals surface area contributed by atoms with E-state index >= 15 is 0 Å². The van der Waals surface area contributed by atoms with Crippen LogP contribution in [0.25, 0.3) is 0 Å². The summed E-state index contributed by atoms with van der Waals surface area (Å²) >= 11 is 0. The zero-order valence-corrected chi connectivity index (χ0v) is 12.2. The zero-order valence-electron chi connectivity index (χ0n) is 12.2. The van der Waals surface area contributed by atoms with Crippen LogP contribution < -0.4 is 15.4 Å². The molecule has 0 aliphatic carbocycles. The summed E-state index contributed by atoms with van der Waals surface area (Å²) in [6.45, 7) is 4.85. The Morgan fingerprint density at radius 3 is 2.90 bits per heavy atom. The minimum Gasteiger partial charge on any atom is -0.494 e. The normalized spacial score (nSPS) is 10.2. The fraction of sp³-hybridized carbons (Fsp3) is 0.333. The molecule has 6 heteroatoms. The highest BCUT2D eigenvalue weighted by Crippen LogP contribution is 2.12. The van der Waals surface area contributed by atoms with Crippen LogP contribution in [0, 0.1) is 13.8 Å². The number of carbonyl (C=O) groups is 1. The van der Waals surface area contributed by atoms with Crippen LogP contribution in [0.2, 0.25) is 0 Å². The van der Waals surface area contributed by atoms with Crippen molar-refractivity contribution in [3.63, 3.8) is 0 Å². The summed E-state index contributed by atoms with van der Waals surface area (Å²) < 4.78 is 10.4. The second kappa shape index (κ2) is 7.33. The number of nitrogens with one attached hydrogen (secondary N) is 2. The van der Waals surface area contributed by atoms with E-state index in [4.69, 9.17) is 9.26 Å². The number of aromatic nitrogens is 1. The molecule has 0 unspecified atom stereocenters. The van der Waals surface area contributed by atoms with Crippen LogP contribution in [0.5, 0.6) is 5.75 Å². The average molecular weight is 289 g/mol. The number of nitrogens with zero attached hydrogens (tertiary/aromatic N) is 1. The molecule has 0 aliphatic rings. The van der Waals surface area contributed by atoms with E-state index in [2.05, 4.69) is 15.8 Å². The fourth-order valence-electron chi connectivity index (χ4n) is 1.76. The highest BCUT2D eigenvalue weighted by Gasteiger charge is 2.04. The highest BCUT2D eigenvalue weighted by atomic mass is 16.5. The van der Waals surface area contributed by atoms with E-state index in [9.17, 15) is 4.79 Å². The Labute approximate surface area is 123 Å². The monoisotopic (exact) mass is 289 g/mol. The molecule has 112 valence electrons. The van der Waals surface area contributed by atoms with Crippen LogP contribution in [-0.4, -0.2) is 24.3 Å². The van der Waals surface area contributed by atoms with Gasteiger partial charge >= 0.3 is 6.03 Å². The molecular weight excluding hydrogens is 270 g/mol. The predicted molar refractivity (Wildman–Crippen MR) is 79.6 cm³/mol. The maximum absolute atomic E-state index is 11.6. The van der Waals surface area contributed by atoms with Gasteiger partial charge in [-0.1, -0.05) is 17.3 Å². The zero-order chi connectivity index (χ0) is 15.1. The van der Waals surface area contributed by atoms with Crippen LogP contribution in [0.15, 0.2) is 34.9 Å². The number of anilines is 1. The maximum atomic E-state index is 11.6. The molecule has 0 radical (unpaired) electrons. The molecule has 1 aromatic carbocycles. The fourth-order valence-corrected chi connectivity index (χ4v) is 1.76. The summed E-state index contributed by atoms with van der Waals surface area (Å²) in [5.41, 5.74) is 1.16. The molecule has 0 aliphatic heterocycles. The van der Waals surface area contributed by atoms with E-state index in [-0.39, 0.29) is 6.03 Å². The predicted octanol–water partition coefficient (Wildman–Crippen LogP) is 2.88. The highest BCUT2D eigenvalue weighted by molar-refractivity contribution is 5.88. The number of hydrogen-bond acceptors (Lipinski definition) is 4. The lowest BCUT2D eigenvalue weighted by Crippen LogP contribution is -2.30. The number of urea groups is 1. The Morgan fingerprint density at radius 1 is 1.33 bits per heavy atom. The van der Waals surface area contributed by atoms with E-state index in [1.54, 1.807) is 13.0 Å². The summed E-state index contributed by atoms with van der Waals surface area (Å²) in [6.07, 6.45) is 0.721. The second-order valence-electron chi connectivity index (χ2n) is 4.72. The quantitative estimate of drug-likeness (QED) is 0.802. The van der Waals surface area contributed by atoms with Crippen molar-refractivity contribution in [3.8, 4) is 5.75 Å². The van der Waals surface area contributed by atoms with E-state index in [0.717, 1.165) is 17.7 Å². The van der Waals surface area contributed by atoms with Gasteiger partial charge in [0.25, 0.3) is 0 Å². The van der Waals surface area contributed by atoms with Gasteiger partial charge < -0.3 is 14.6 Å². The lowest BCUT2D eigenvalue weighted by Gasteiger charge is -2.08. The molecule has 0 bridgehead atoms. The summed E-state index contributed by atoms with van der Waals surface area (Å²) in [7, 11) is 0. The second-order valence-corrected chi connectivity index (χ2v) is 4.72. The molecule has 0 fully saturated rings. The first kappa shape index (κ1) is 14.9. The standard InChI is InChI=1S/C15H19N3O3/c1-11-5-3-6-13(9-11)20-8-4-7-16-15(19)17-14-10-12(2)21-18-14/h3,5-6,9-10H,4,7-8H2,1-2H3,(H2,16,17,18,19). The first-order valence-electron chi connectivity index (χ1n) is 6.81. The van der Waals surface area contributed by atoms with Crippen molar-refractivity contribution >= 4 is 11.8 Å². The molecule has 0 saturated carbocycles. The molecule has 0 atom stereocenters. The molecule has 2 aromatic rings.